The first kappa shape index (κ1) is 68.7. The van der Waals surface area contributed by atoms with Crippen molar-refractivity contribution in [1.29, 1.82) is 5.26 Å². The molecule has 0 spiro atoms. The number of hydrogen-bond acceptors (Lipinski definition) is 29. The van der Waals surface area contributed by atoms with Crippen LogP contribution in [0.3, 0.4) is 0 Å². The van der Waals surface area contributed by atoms with Crippen LogP contribution >= 0.6 is 0 Å². The van der Waals surface area contributed by atoms with E-state index in [2.05, 4.69) is 26.3 Å². The number of methoxy groups -OCH3 is 2. The summed E-state index contributed by atoms with van der Waals surface area (Å²) in [4.78, 5) is 12.8. The zero-order valence-electron chi connectivity index (χ0n) is 36.5. The maximum Gasteiger partial charge on any atom is 1.00 e. The average molecular weight is 968 g/mol. The second kappa shape index (κ2) is 39.2. The molecule has 0 aliphatic carbocycles. The van der Waals surface area contributed by atoms with E-state index in [1.54, 1.807) is 0 Å². The molecular weight excluding hydrogens is 898 g/mol. The molecule has 3 heterocycles. The van der Waals surface area contributed by atoms with Gasteiger partial charge in [-0.2, -0.15) is 0 Å². The summed E-state index contributed by atoms with van der Waals surface area (Å²) in [6.45, 7) is 5.35. The van der Waals surface area contributed by atoms with E-state index in [0.29, 0.717) is 32.8 Å². The van der Waals surface area contributed by atoms with Crippen LogP contribution in [-0.4, -0.2) is 270 Å². The van der Waals surface area contributed by atoms with E-state index in [0.717, 1.165) is 6.42 Å². The molecule has 20 N–H and O–H groups in total. The number of nitrogens with zero attached hydrogens (tertiary/aromatic N) is 1. The molecule has 0 aromatic carbocycles. The smallest absolute Gasteiger partial charge is 0.512 e. The Bertz CT molecular complexity index is 1140. The Hall–Kier alpha value is -0.565. The third-order valence-corrected chi connectivity index (χ3v) is 9.31. The topological polar surface area (TPSA) is 487 Å². The summed E-state index contributed by atoms with van der Waals surface area (Å²) in [6.07, 6.45) is -26.8. The van der Waals surface area contributed by atoms with Crippen LogP contribution < -0.4 is 47.2 Å². The van der Waals surface area contributed by atoms with Crippen molar-refractivity contribution in [2.45, 2.75) is 136 Å². The molecule has 31 heteroatoms. The van der Waals surface area contributed by atoms with Gasteiger partial charge >= 0.3 is 29.6 Å². The average Bonchev–Trinajstić information content (AvgIpc) is 3.28. The molecule has 65 heavy (non-hydrogen) atoms. The van der Waals surface area contributed by atoms with Gasteiger partial charge in [-0.3, -0.25) is 0 Å². The molecule has 0 bridgehead atoms. The molecule has 9 unspecified atom stereocenters. The molecule has 0 amide bonds. The largest absolute Gasteiger partial charge is 1.00 e. The second-order valence-electron chi connectivity index (χ2n) is 14.0. The molecule has 3 aliphatic heterocycles. The SMILES string of the molecule is COCC1O[C@H](OCC(O)[C@@H](O)[C@H](O)C(O)CCOCCCON)C(O)[C@@H](O)[C@@H]1O.COCC1O[C@H](OCC2OC(O)C(O)[C@@H](O)[C@@H]2O)C(O)[C@@H](O)[C@@H]1O.NOCCCON.[B].[C-]#N.[Na+]. The van der Waals surface area contributed by atoms with Crippen LogP contribution in [0.25, 0.3) is 0 Å². The zero-order valence-corrected chi connectivity index (χ0v) is 38.5. The van der Waals surface area contributed by atoms with E-state index in [4.69, 9.17) is 55.6 Å². The number of aliphatic hydroxyl groups excluding tert-OH is 14. The Kier molecular flexibility index (Phi) is 41.4. The summed E-state index contributed by atoms with van der Waals surface area (Å²) in [7, 11) is 2.72. The maximum atomic E-state index is 10.0. The van der Waals surface area contributed by atoms with E-state index in [9.17, 15) is 71.5 Å². The number of aliphatic hydroxyl groups is 14. The van der Waals surface area contributed by atoms with E-state index in [1.165, 1.54) is 14.2 Å². The zero-order chi connectivity index (χ0) is 48.2. The van der Waals surface area contributed by atoms with Gasteiger partial charge in [-0.25, -0.2) is 17.7 Å². The molecule has 0 aromatic heterocycles. The monoisotopic (exact) mass is 967 g/mol. The molecule has 379 valence electrons. The predicted molar refractivity (Wildman–Crippen MR) is 208 cm³/mol. The fourth-order valence-corrected chi connectivity index (χ4v) is 5.66. The fraction of sp³-hybridized carbons (Fsp3) is 0.971. The normalized spacial score (nSPS) is 34.0. The molecule has 3 rings (SSSR count). The molecule has 19 atom stereocenters. The van der Waals surface area contributed by atoms with Crippen LogP contribution in [0.1, 0.15) is 19.3 Å². The van der Waals surface area contributed by atoms with Crippen molar-refractivity contribution in [3.05, 3.63) is 6.57 Å². The van der Waals surface area contributed by atoms with Crippen LogP contribution in [0.15, 0.2) is 0 Å². The van der Waals surface area contributed by atoms with Crippen molar-refractivity contribution >= 4 is 8.41 Å². The summed E-state index contributed by atoms with van der Waals surface area (Å²) in [5.41, 5.74) is 0. The second-order valence-corrected chi connectivity index (χ2v) is 14.0. The van der Waals surface area contributed by atoms with Gasteiger partial charge < -0.3 is 136 Å². The molecule has 29 nitrogen and oxygen atoms in total. The summed E-state index contributed by atoms with van der Waals surface area (Å²) in [5, 5.41) is 144. The third-order valence-electron chi connectivity index (χ3n) is 9.31. The van der Waals surface area contributed by atoms with Crippen molar-refractivity contribution in [3.8, 4) is 0 Å². The first-order chi connectivity index (χ1) is 29.9. The minimum atomic E-state index is -1.77. The van der Waals surface area contributed by atoms with Crippen molar-refractivity contribution in [1.82, 2.24) is 0 Å². The van der Waals surface area contributed by atoms with Crippen LogP contribution in [0.5, 0.6) is 0 Å². The Morgan fingerprint density at radius 1 is 0.508 bits per heavy atom. The van der Waals surface area contributed by atoms with Crippen molar-refractivity contribution in [3.63, 3.8) is 0 Å². The number of rotatable bonds is 24. The first-order valence-corrected chi connectivity index (χ1v) is 19.4. The third kappa shape index (κ3) is 24.2. The Morgan fingerprint density at radius 2 is 0.892 bits per heavy atom. The summed E-state index contributed by atoms with van der Waals surface area (Å²) in [5.74, 6) is 14.2. The van der Waals surface area contributed by atoms with Gasteiger partial charge in [-0.1, -0.05) is 0 Å². The summed E-state index contributed by atoms with van der Waals surface area (Å²) in [6, 6.07) is 0. The molecule has 3 saturated heterocycles. The predicted octanol–water partition coefficient (Wildman–Crippen LogP) is -13.3. The van der Waals surface area contributed by atoms with Crippen LogP contribution in [0.2, 0.25) is 0 Å². The van der Waals surface area contributed by atoms with Gasteiger partial charge in [-0.15, -0.1) is 0 Å². The van der Waals surface area contributed by atoms with E-state index >= 15 is 0 Å². The van der Waals surface area contributed by atoms with Crippen LogP contribution in [-0.2, 0) is 52.4 Å². The van der Waals surface area contributed by atoms with Gasteiger partial charge in [0.05, 0.1) is 52.4 Å². The van der Waals surface area contributed by atoms with Gasteiger partial charge in [0.15, 0.2) is 18.9 Å². The Labute approximate surface area is 399 Å². The minimum Gasteiger partial charge on any atom is -0.512 e. The van der Waals surface area contributed by atoms with Gasteiger partial charge in [0, 0.05) is 35.8 Å². The van der Waals surface area contributed by atoms with Crippen molar-refractivity contribution < 1.29 is 153 Å². The minimum absolute atomic E-state index is 0. The first-order valence-electron chi connectivity index (χ1n) is 19.4. The van der Waals surface area contributed by atoms with Crippen LogP contribution in [0.4, 0.5) is 0 Å². The van der Waals surface area contributed by atoms with Crippen molar-refractivity contribution in [2.24, 2.45) is 17.7 Å². The number of nitrogens with two attached hydrogens (primary N) is 3. The summed E-state index contributed by atoms with van der Waals surface area (Å²) >= 11 is 0. The van der Waals surface area contributed by atoms with E-state index in [-0.39, 0.29) is 64.2 Å². The van der Waals surface area contributed by atoms with E-state index < -0.39 is 130 Å². The molecule has 0 saturated carbocycles. The Morgan fingerprint density at radius 3 is 1.32 bits per heavy atom. The van der Waals surface area contributed by atoms with Gasteiger partial charge in [0.25, 0.3) is 0 Å². The fourth-order valence-electron chi connectivity index (χ4n) is 5.66. The van der Waals surface area contributed by atoms with E-state index in [1.807, 2.05) is 0 Å². The van der Waals surface area contributed by atoms with Gasteiger partial charge in [-0.05, 0) is 19.3 Å². The number of ether oxygens (including phenoxy) is 8. The number of hydrogen-bond donors (Lipinski definition) is 17. The summed E-state index contributed by atoms with van der Waals surface area (Å²) < 4.78 is 40.9. The van der Waals surface area contributed by atoms with Crippen molar-refractivity contribution in [2.75, 3.05) is 73.7 Å². The van der Waals surface area contributed by atoms with Gasteiger partial charge in [0.2, 0.25) is 0 Å². The molecule has 3 aliphatic rings. The standard InChI is InChI=1S/C17H35NO12.C13H24O11.C3H10N2O2.CN.B.Na/c1-26-8-11-14(23)15(24)16(25)17(30-11)28-7-10(20)13(22)12(21)9(19)3-6-27-4-2-5-29-18;1-21-2-4-6(14)9(17)11(19)13(24-4)22-3-5-7(15)8(16)10(18)12(20)23-5;4-6-2-1-3-7-5;1-2;;/h9-17,19-25H,2-8,18H2,1H3;4-20H,2-3H2,1H3;1-5H2;;;/q;;;-1;;+1/t9?,10?,11?,12-,13-,14-,15+,16?,17+;4?,5?,6-,7-,8+,9+,10?,11?,12?,13+;;;;/m11..../s1. The Balaban J connectivity index is -0.000000983. The van der Waals surface area contributed by atoms with Gasteiger partial charge in [0.1, 0.15) is 91.6 Å². The quantitative estimate of drug-likeness (QED) is 0.0185. The molecule has 0 aromatic rings. The maximum absolute atomic E-state index is 10.0. The molecule has 3 radical (unpaired) electrons. The molecule has 3 fully saturated rings. The van der Waals surface area contributed by atoms with Crippen LogP contribution in [0, 0.1) is 11.8 Å². The molecular formula is C34H69BN4NaO25.